The first kappa shape index (κ1) is 20.3. The molecule has 1 N–H and O–H groups in total. The topological polar surface area (TPSA) is 73.9 Å². The summed E-state index contributed by atoms with van der Waals surface area (Å²) >= 11 is 0. The Labute approximate surface area is 179 Å². The number of rotatable bonds is 5. The number of aryl methyl sites for hydroxylation is 1. The van der Waals surface area contributed by atoms with Gasteiger partial charge in [0, 0.05) is 17.8 Å². The van der Waals surface area contributed by atoms with Crippen LogP contribution in [0.2, 0.25) is 0 Å². The van der Waals surface area contributed by atoms with Crippen LogP contribution in [0.4, 0.5) is 4.39 Å². The van der Waals surface area contributed by atoms with E-state index in [1.54, 1.807) is 17.8 Å². The molecule has 6 nitrogen and oxygen atoms in total. The molecular weight excluding hydrogens is 395 g/mol. The summed E-state index contributed by atoms with van der Waals surface area (Å²) in [5.41, 5.74) is 3.88. The summed E-state index contributed by atoms with van der Waals surface area (Å²) in [4.78, 5) is 13.1. The number of nitrogens with zero attached hydrogens (tertiary/aromatic N) is 3. The highest BCUT2D eigenvalue weighted by Crippen LogP contribution is 2.24. The molecule has 1 amide bonds. The van der Waals surface area contributed by atoms with Crippen LogP contribution in [0.3, 0.4) is 0 Å². The average Bonchev–Trinajstić information content (AvgIpc) is 3.20. The van der Waals surface area contributed by atoms with Gasteiger partial charge in [0.05, 0.1) is 11.3 Å². The maximum atomic E-state index is 13.2. The van der Waals surface area contributed by atoms with Crippen molar-refractivity contribution in [1.82, 2.24) is 15.1 Å². The summed E-state index contributed by atoms with van der Waals surface area (Å²) in [7, 11) is 0. The lowest BCUT2D eigenvalue weighted by Crippen LogP contribution is -2.38. The zero-order valence-electron chi connectivity index (χ0n) is 17.1. The maximum absolute atomic E-state index is 13.2. The fraction of sp³-hybridized carbons (Fsp3) is 0.125. The number of amides is 1. The molecule has 31 heavy (non-hydrogen) atoms. The largest absolute Gasteiger partial charge is 0.618 e. The highest BCUT2D eigenvalue weighted by molar-refractivity contribution is 6.00. The summed E-state index contributed by atoms with van der Waals surface area (Å²) in [6.07, 6.45) is 2.51. The molecule has 1 atom stereocenters. The zero-order valence-corrected chi connectivity index (χ0v) is 17.1. The number of halogens is 1. The van der Waals surface area contributed by atoms with Crippen LogP contribution < -0.4 is 10.0 Å². The van der Waals surface area contributed by atoms with Crippen LogP contribution in [-0.4, -0.2) is 15.7 Å². The summed E-state index contributed by atoms with van der Waals surface area (Å²) < 4.78 is 15.3. The van der Waals surface area contributed by atoms with Gasteiger partial charge in [-0.2, -0.15) is 9.83 Å². The molecule has 0 bridgehead atoms. The summed E-state index contributed by atoms with van der Waals surface area (Å²) in [5.74, 6) is -1.02. The molecule has 0 radical (unpaired) electrons. The lowest BCUT2D eigenvalue weighted by molar-refractivity contribution is -0.617. The molecule has 2 aromatic heterocycles. The number of carbonyl (C=O) groups excluding carboxylic acids is 1. The van der Waals surface area contributed by atoms with Crippen molar-refractivity contribution in [3.8, 4) is 16.9 Å². The van der Waals surface area contributed by atoms with E-state index in [2.05, 4.69) is 10.4 Å². The van der Waals surface area contributed by atoms with Crippen molar-refractivity contribution in [2.24, 2.45) is 0 Å². The van der Waals surface area contributed by atoms with Crippen molar-refractivity contribution in [3.63, 3.8) is 0 Å². The molecule has 0 unspecified atom stereocenters. The molecule has 0 saturated carbocycles. The van der Waals surface area contributed by atoms with E-state index in [9.17, 15) is 14.4 Å². The number of hydrogen-bond donors (Lipinski definition) is 1. The Kier molecular flexibility index (Phi) is 5.49. The molecule has 4 aromatic rings. The Morgan fingerprint density at radius 2 is 1.81 bits per heavy atom. The zero-order chi connectivity index (χ0) is 22.0. The van der Waals surface area contributed by atoms with Crippen LogP contribution in [0.25, 0.3) is 16.9 Å². The standard InChI is InChI=1S/C24H21FN4O2/c1-16-8-11-20(12-9-16)28-15-21(23(27-28)18-6-4-3-5-7-18)24(30)26-17(2)22-13-10-19(25)14-29(22)31/h3-15,17H,1-2H3,(H,26,30)/t17-/m1/s1. The van der Waals surface area contributed by atoms with E-state index >= 15 is 0 Å². The van der Waals surface area contributed by atoms with Gasteiger partial charge >= 0.3 is 0 Å². The molecule has 0 saturated heterocycles. The molecule has 0 spiro atoms. The second kappa shape index (κ2) is 8.39. The van der Waals surface area contributed by atoms with Crippen molar-refractivity contribution in [2.75, 3.05) is 0 Å². The molecule has 4 rings (SSSR count). The third-order valence-corrected chi connectivity index (χ3v) is 5.00. The van der Waals surface area contributed by atoms with E-state index in [0.717, 1.165) is 23.0 Å². The Morgan fingerprint density at radius 3 is 2.48 bits per heavy atom. The van der Waals surface area contributed by atoms with Gasteiger partial charge in [-0.1, -0.05) is 48.0 Å². The van der Waals surface area contributed by atoms with E-state index in [-0.39, 0.29) is 11.6 Å². The van der Waals surface area contributed by atoms with Crippen LogP contribution in [-0.2, 0) is 0 Å². The molecule has 2 heterocycles. The van der Waals surface area contributed by atoms with Gasteiger partial charge in [0.25, 0.3) is 5.91 Å². The predicted molar refractivity (Wildman–Crippen MR) is 115 cm³/mol. The van der Waals surface area contributed by atoms with Gasteiger partial charge in [-0.15, -0.1) is 0 Å². The number of nitrogens with one attached hydrogen (secondary N) is 1. The van der Waals surface area contributed by atoms with Gasteiger partial charge in [0.2, 0.25) is 11.9 Å². The Balaban J connectivity index is 1.70. The van der Waals surface area contributed by atoms with Crippen LogP contribution in [0.15, 0.2) is 79.1 Å². The van der Waals surface area contributed by atoms with Crippen LogP contribution in [0, 0.1) is 17.9 Å². The van der Waals surface area contributed by atoms with Crippen molar-refractivity contribution in [1.29, 1.82) is 0 Å². The van der Waals surface area contributed by atoms with Gasteiger partial charge in [0.1, 0.15) is 11.7 Å². The lowest BCUT2D eigenvalue weighted by Gasteiger charge is -2.13. The van der Waals surface area contributed by atoms with Crippen LogP contribution in [0.1, 0.15) is 34.6 Å². The SMILES string of the molecule is Cc1ccc(-n2cc(C(=O)N[C@H](C)c3ccc(F)c[n+]3[O-])c(-c3ccccc3)n2)cc1. The normalized spacial score (nSPS) is 11.8. The molecule has 0 fully saturated rings. The third kappa shape index (κ3) is 4.30. The highest BCUT2D eigenvalue weighted by Gasteiger charge is 2.23. The minimum Gasteiger partial charge on any atom is -0.618 e. The monoisotopic (exact) mass is 416 g/mol. The third-order valence-electron chi connectivity index (χ3n) is 5.00. The van der Waals surface area contributed by atoms with Gasteiger partial charge in [0.15, 0.2) is 5.82 Å². The van der Waals surface area contributed by atoms with E-state index in [1.807, 2.05) is 61.5 Å². The van der Waals surface area contributed by atoms with Crippen molar-refractivity contribution >= 4 is 5.91 Å². The van der Waals surface area contributed by atoms with Gasteiger partial charge in [-0.05, 0) is 32.0 Å². The van der Waals surface area contributed by atoms with E-state index in [0.29, 0.717) is 16.0 Å². The highest BCUT2D eigenvalue weighted by atomic mass is 19.1. The summed E-state index contributed by atoms with van der Waals surface area (Å²) in [6, 6.07) is 19.2. The van der Waals surface area contributed by atoms with Crippen LogP contribution >= 0.6 is 0 Å². The second-order valence-corrected chi connectivity index (χ2v) is 7.33. The Bertz CT molecular complexity index is 1220. The summed E-state index contributed by atoms with van der Waals surface area (Å²) in [6.45, 7) is 3.67. The minimum absolute atomic E-state index is 0.238. The summed E-state index contributed by atoms with van der Waals surface area (Å²) in [5, 5.41) is 19.5. The minimum atomic E-state index is -0.636. The molecule has 7 heteroatoms. The Hall–Kier alpha value is -4.00. The molecule has 2 aromatic carbocycles. The number of hydrogen-bond acceptors (Lipinski definition) is 3. The maximum Gasteiger partial charge on any atom is 0.255 e. The Morgan fingerprint density at radius 1 is 1.10 bits per heavy atom. The van der Waals surface area contributed by atoms with Gasteiger partial charge in [-0.3, -0.25) is 4.79 Å². The van der Waals surface area contributed by atoms with Crippen LogP contribution in [0.5, 0.6) is 0 Å². The second-order valence-electron chi connectivity index (χ2n) is 7.33. The fourth-order valence-electron chi connectivity index (χ4n) is 3.33. The number of carbonyl (C=O) groups is 1. The number of pyridine rings is 1. The van der Waals surface area contributed by atoms with E-state index < -0.39 is 11.9 Å². The number of benzene rings is 2. The molecular formula is C24H21FN4O2. The first-order valence-electron chi connectivity index (χ1n) is 9.84. The van der Waals surface area contributed by atoms with Gasteiger partial charge < -0.3 is 10.5 Å². The molecule has 156 valence electrons. The lowest BCUT2D eigenvalue weighted by atomic mass is 10.1. The predicted octanol–water partition coefficient (Wildman–Crippen LogP) is 4.11. The van der Waals surface area contributed by atoms with Crippen molar-refractivity contribution in [3.05, 3.63) is 107 Å². The molecule has 0 aliphatic carbocycles. The smallest absolute Gasteiger partial charge is 0.255 e. The van der Waals surface area contributed by atoms with Crippen molar-refractivity contribution in [2.45, 2.75) is 19.9 Å². The fourth-order valence-corrected chi connectivity index (χ4v) is 3.33. The first-order valence-corrected chi connectivity index (χ1v) is 9.84. The van der Waals surface area contributed by atoms with Gasteiger partial charge in [-0.25, -0.2) is 9.07 Å². The quantitative estimate of drug-likeness (QED) is 0.393. The molecule has 0 aliphatic heterocycles. The van der Waals surface area contributed by atoms with E-state index in [1.165, 1.54) is 12.1 Å². The average molecular weight is 416 g/mol. The molecule has 0 aliphatic rings. The van der Waals surface area contributed by atoms with Crippen molar-refractivity contribution < 1.29 is 13.9 Å². The number of aromatic nitrogens is 3. The first-order chi connectivity index (χ1) is 14.9. The van der Waals surface area contributed by atoms with E-state index in [4.69, 9.17) is 0 Å².